The summed E-state index contributed by atoms with van der Waals surface area (Å²) < 4.78 is 5.21. The summed E-state index contributed by atoms with van der Waals surface area (Å²) in [4.78, 5) is 48.3. The van der Waals surface area contributed by atoms with Crippen LogP contribution in [0.25, 0.3) is 0 Å². The molecule has 4 heterocycles. The van der Waals surface area contributed by atoms with E-state index >= 15 is 0 Å². The molecule has 0 spiro atoms. The number of hydrogen-bond acceptors (Lipinski definition) is 9. The summed E-state index contributed by atoms with van der Waals surface area (Å²) in [5, 5.41) is 14.5. The molecule has 4 atom stereocenters. The fourth-order valence-electron chi connectivity index (χ4n) is 3.70. The monoisotopic (exact) mass is 480 g/mol. The first kappa shape index (κ1) is 21.9. The summed E-state index contributed by atoms with van der Waals surface area (Å²) in [6.45, 7) is 1.36. The summed E-state index contributed by atoms with van der Waals surface area (Å²) in [6, 6.07) is 3.80. The smallest absolute Gasteiger partial charge is 0.315 e. The number of thioether (sulfide) groups is 2. The molecule has 164 valence electrons. The van der Waals surface area contributed by atoms with Gasteiger partial charge in [-0.1, -0.05) is 17.8 Å². The maximum atomic E-state index is 12.9. The minimum atomic E-state index is -1.41. The first-order chi connectivity index (χ1) is 14.9. The number of nitrogens with one attached hydrogen (secondary N) is 1. The van der Waals surface area contributed by atoms with Crippen LogP contribution in [0.15, 0.2) is 34.9 Å². The highest BCUT2D eigenvalue weighted by atomic mass is 32.2. The van der Waals surface area contributed by atoms with Crippen LogP contribution in [-0.2, 0) is 14.4 Å². The van der Waals surface area contributed by atoms with E-state index in [1.807, 2.05) is 17.5 Å². The Bertz CT molecular complexity index is 1000. The highest BCUT2D eigenvalue weighted by molar-refractivity contribution is 8.01. The molecular weight excluding hydrogens is 460 g/mol. The Morgan fingerprint density at radius 2 is 2.19 bits per heavy atom. The van der Waals surface area contributed by atoms with Gasteiger partial charge in [0.2, 0.25) is 17.7 Å². The van der Waals surface area contributed by atoms with Gasteiger partial charge in [-0.05, 0) is 11.4 Å². The molecule has 2 N–H and O–H groups in total. The zero-order valence-corrected chi connectivity index (χ0v) is 19.1. The van der Waals surface area contributed by atoms with Crippen molar-refractivity contribution in [1.29, 1.82) is 0 Å². The Balaban J connectivity index is 1.63. The van der Waals surface area contributed by atoms with Gasteiger partial charge in [-0.2, -0.15) is 0 Å². The first-order valence-electron chi connectivity index (χ1n) is 9.35. The lowest BCUT2D eigenvalue weighted by Crippen LogP contribution is -2.70. The van der Waals surface area contributed by atoms with Gasteiger partial charge < -0.3 is 20.1 Å². The van der Waals surface area contributed by atoms with Gasteiger partial charge in [0.15, 0.2) is 5.03 Å². The number of β-lactam (4-membered cyclic amide) rings is 1. The second kappa shape index (κ2) is 8.67. The lowest BCUT2D eigenvalue weighted by molar-refractivity contribution is -0.157. The van der Waals surface area contributed by atoms with Crippen LogP contribution in [-0.4, -0.2) is 67.9 Å². The van der Waals surface area contributed by atoms with E-state index in [0.29, 0.717) is 10.9 Å². The number of carbonyl (C=O) groups is 3. The quantitative estimate of drug-likeness (QED) is 0.452. The number of fused-ring (bicyclic) bond motifs is 1. The van der Waals surface area contributed by atoms with Gasteiger partial charge in [-0.15, -0.1) is 23.1 Å². The van der Waals surface area contributed by atoms with Crippen LogP contribution in [0.2, 0.25) is 0 Å². The topological polar surface area (TPSA) is 122 Å². The molecule has 4 rings (SSSR count). The van der Waals surface area contributed by atoms with Gasteiger partial charge in [-0.3, -0.25) is 14.4 Å². The van der Waals surface area contributed by atoms with Crippen molar-refractivity contribution in [2.45, 2.75) is 28.6 Å². The van der Waals surface area contributed by atoms with Crippen LogP contribution >= 0.6 is 34.9 Å². The Labute approximate surface area is 191 Å². The van der Waals surface area contributed by atoms with Gasteiger partial charge >= 0.3 is 5.97 Å². The van der Waals surface area contributed by atoms with Gasteiger partial charge in [0, 0.05) is 36.5 Å². The van der Waals surface area contributed by atoms with Gasteiger partial charge in [-0.25, -0.2) is 9.97 Å². The number of aromatic nitrogens is 2. The van der Waals surface area contributed by atoms with Crippen molar-refractivity contribution < 1.29 is 24.2 Å². The number of carbonyl (C=O) groups excluding carboxylic acids is 2. The van der Waals surface area contributed by atoms with Crippen LogP contribution in [0.1, 0.15) is 17.7 Å². The van der Waals surface area contributed by atoms with Crippen molar-refractivity contribution >= 4 is 52.6 Å². The SMILES string of the molecule is COc1nccnc1SCC1(C(=O)O)CN2C(=O)C(c3cccs3)[C@H]2SC1NC(C)=O. The molecule has 9 nitrogen and oxygen atoms in total. The van der Waals surface area contributed by atoms with E-state index in [-0.39, 0.29) is 35.4 Å². The number of carboxylic acid groups (broad SMARTS) is 1. The number of carboxylic acids is 1. The Morgan fingerprint density at radius 3 is 2.84 bits per heavy atom. The fourth-order valence-corrected chi connectivity index (χ4v) is 7.69. The lowest BCUT2D eigenvalue weighted by atomic mass is 9.84. The molecule has 3 unspecified atom stereocenters. The molecule has 2 amide bonds. The molecule has 2 fully saturated rings. The van der Waals surface area contributed by atoms with Crippen molar-refractivity contribution in [3.05, 3.63) is 34.8 Å². The average molecular weight is 481 g/mol. The molecule has 12 heteroatoms. The number of aliphatic carboxylic acids is 1. The van der Waals surface area contributed by atoms with Gasteiger partial charge in [0.05, 0.1) is 17.9 Å². The summed E-state index contributed by atoms with van der Waals surface area (Å²) in [6.07, 6.45) is 2.99. The third-order valence-electron chi connectivity index (χ3n) is 5.27. The zero-order valence-electron chi connectivity index (χ0n) is 16.7. The minimum absolute atomic E-state index is 0.00122. The van der Waals surface area contributed by atoms with E-state index in [1.165, 1.54) is 61.3 Å². The molecule has 2 aromatic rings. The molecule has 0 aromatic carbocycles. The van der Waals surface area contributed by atoms with Crippen molar-refractivity contribution in [3.63, 3.8) is 0 Å². The predicted molar refractivity (Wildman–Crippen MR) is 117 cm³/mol. The standard InChI is InChI=1S/C19H20N4O5S3/c1-10(24)22-17-19(18(26)27,9-30-14-13(28-2)20-5-6-21-14)8-23-15(25)12(16(23)31-17)11-4-3-7-29-11/h3-7,12,16-17H,8-9H2,1-2H3,(H,22,24)(H,26,27)/t12?,16-,17?,19?/m1/s1. The molecular formula is C19H20N4O5S3. The van der Waals surface area contributed by atoms with E-state index in [4.69, 9.17) is 4.74 Å². The summed E-state index contributed by atoms with van der Waals surface area (Å²) in [5.41, 5.74) is -1.41. The Kier molecular flexibility index (Phi) is 6.13. The number of thiophene rings is 1. The maximum absolute atomic E-state index is 12.9. The predicted octanol–water partition coefficient (Wildman–Crippen LogP) is 1.87. The second-order valence-corrected chi connectivity index (χ2v) is 10.4. The average Bonchev–Trinajstić information content (AvgIpc) is 3.26. The molecule has 2 aliphatic heterocycles. The number of amides is 2. The van der Waals surface area contributed by atoms with Crippen molar-refractivity contribution in [1.82, 2.24) is 20.2 Å². The van der Waals surface area contributed by atoms with Crippen LogP contribution < -0.4 is 10.1 Å². The van der Waals surface area contributed by atoms with Crippen molar-refractivity contribution in [2.75, 3.05) is 19.4 Å². The van der Waals surface area contributed by atoms with E-state index in [0.717, 1.165) is 4.88 Å². The molecule has 0 aliphatic carbocycles. The fraction of sp³-hybridized carbons (Fsp3) is 0.421. The number of hydrogen-bond donors (Lipinski definition) is 2. The van der Waals surface area contributed by atoms with E-state index in [1.54, 1.807) is 4.90 Å². The van der Waals surface area contributed by atoms with Gasteiger partial charge in [0.1, 0.15) is 11.3 Å². The van der Waals surface area contributed by atoms with E-state index in [9.17, 15) is 19.5 Å². The molecule has 2 aromatic heterocycles. The van der Waals surface area contributed by atoms with Crippen molar-refractivity contribution in [3.8, 4) is 5.88 Å². The highest BCUT2D eigenvalue weighted by Gasteiger charge is 2.62. The molecule has 2 saturated heterocycles. The van der Waals surface area contributed by atoms with Crippen LogP contribution in [0.4, 0.5) is 0 Å². The number of nitrogens with zero attached hydrogens (tertiary/aromatic N) is 3. The third kappa shape index (κ3) is 3.87. The minimum Gasteiger partial charge on any atom is -0.481 e. The number of methoxy groups -OCH3 is 1. The van der Waals surface area contributed by atoms with Crippen molar-refractivity contribution in [2.24, 2.45) is 5.41 Å². The lowest BCUT2D eigenvalue weighted by Gasteiger charge is -2.56. The zero-order chi connectivity index (χ0) is 22.2. The first-order valence-corrected chi connectivity index (χ1v) is 12.2. The molecule has 0 bridgehead atoms. The third-order valence-corrected chi connectivity index (χ3v) is 9.09. The van der Waals surface area contributed by atoms with E-state index < -0.39 is 16.8 Å². The number of ether oxygens (including phenoxy) is 1. The van der Waals surface area contributed by atoms with Gasteiger partial charge in [0.25, 0.3) is 0 Å². The number of rotatable bonds is 7. The summed E-state index contributed by atoms with van der Waals surface area (Å²) in [5.74, 6) is -1.44. The highest BCUT2D eigenvalue weighted by Crippen LogP contribution is 2.53. The normalized spacial score (nSPS) is 27.2. The van der Waals surface area contributed by atoms with Crippen LogP contribution in [0, 0.1) is 5.41 Å². The second-order valence-electron chi connectivity index (χ2n) is 7.19. The molecule has 31 heavy (non-hydrogen) atoms. The summed E-state index contributed by atoms with van der Waals surface area (Å²) in [7, 11) is 1.46. The molecule has 0 radical (unpaired) electrons. The van der Waals surface area contributed by atoms with Crippen LogP contribution in [0.5, 0.6) is 5.88 Å². The Hall–Kier alpha value is -2.31. The van der Waals surface area contributed by atoms with Crippen LogP contribution in [0.3, 0.4) is 0 Å². The summed E-state index contributed by atoms with van der Waals surface area (Å²) >= 11 is 4.00. The molecule has 0 saturated carbocycles. The van der Waals surface area contributed by atoms with E-state index in [2.05, 4.69) is 15.3 Å². The molecule has 2 aliphatic rings. The largest absolute Gasteiger partial charge is 0.481 e. The Morgan fingerprint density at radius 1 is 1.42 bits per heavy atom. The maximum Gasteiger partial charge on any atom is 0.315 e.